The van der Waals surface area contributed by atoms with Crippen molar-refractivity contribution >= 4 is 11.5 Å². The molecule has 23 heavy (non-hydrogen) atoms. The van der Waals surface area contributed by atoms with Crippen LogP contribution in [0.2, 0.25) is 0 Å². The summed E-state index contributed by atoms with van der Waals surface area (Å²) in [5, 5.41) is 11.2. The van der Waals surface area contributed by atoms with Crippen LogP contribution in [0.25, 0.3) is 0 Å². The second-order valence-corrected chi connectivity index (χ2v) is 6.52. The number of nitro groups is 1. The number of hydrogen-bond donors (Lipinski definition) is 0. The van der Waals surface area contributed by atoms with Crippen LogP contribution in [0.5, 0.6) is 0 Å². The molecule has 7 nitrogen and oxygen atoms in total. The predicted octanol–water partition coefficient (Wildman–Crippen LogP) is 1.60. The van der Waals surface area contributed by atoms with E-state index in [1.165, 1.54) is 31.9 Å². The topological polar surface area (TPSA) is 65.8 Å². The van der Waals surface area contributed by atoms with Crippen molar-refractivity contribution in [3.63, 3.8) is 0 Å². The fourth-order valence-corrected chi connectivity index (χ4v) is 3.59. The van der Waals surface area contributed by atoms with E-state index in [2.05, 4.69) is 21.8 Å². The fourth-order valence-electron chi connectivity index (χ4n) is 3.59. The van der Waals surface area contributed by atoms with E-state index >= 15 is 0 Å². The first kappa shape index (κ1) is 16.1. The number of hydrogen-bond acceptors (Lipinski definition) is 6. The van der Waals surface area contributed by atoms with Gasteiger partial charge in [-0.2, -0.15) is 0 Å². The number of pyridine rings is 1. The lowest BCUT2D eigenvalue weighted by Gasteiger charge is -2.40. The van der Waals surface area contributed by atoms with Gasteiger partial charge in [0.2, 0.25) is 5.82 Å². The van der Waals surface area contributed by atoms with E-state index in [0.717, 1.165) is 32.7 Å². The summed E-state index contributed by atoms with van der Waals surface area (Å²) in [6.07, 6.45) is 5.55. The monoisotopic (exact) mass is 319 g/mol. The molecular weight excluding hydrogens is 294 g/mol. The number of anilines is 1. The molecule has 0 aromatic carbocycles. The van der Waals surface area contributed by atoms with Crippen molar-refractivity contribution in [2.45, 2.75) is 25.3 Å². The summed E-state index contributed by atoms with van der Waals surface area (Å²) in [6, 6.07) is 3.81. The summed E-state index contributed by atoms with van der Waals surface area (Å²) in [6.45, 7) is 5.79. The lowest BCUT2D eigenvalue weighted by molar-refractivity contribution is -0.384. The normalized spacial score (nSPS) is 23.9. The second kappa shape index (κ2) is 7.23. The third kappa shape index (κ3) is 3.79. The largest absolute Gasteiger partial charge is 0.348 e. The summed E-state index contributed by atoms with van der Waals surface area (Å²) in [5.41, 5.74) is 0.105. The minimum absolute atomic E-state index is 0.105. The Labute approximate surface area is 137 Å². The summed E-state index contributed by atoms with van der Waals surface area (Å²) < 4.78 is 0. The van der Waals surface area contributed by atoms with E-state index in [-0.39, 0.29) is 10.6 Å². The molecule has 2 aliphatic rings. The van der Waals surface area contributed by atoms with Crippen LogP contribution in [-0.2, 0) is 0 Å². The van der Waals surface area contributed by atoms with Gasteiger partial charge >= 0.3 is 5.69 Å². The maximum absolute atomic E-state index is 11.2. The molecule has 0 N–H and O–H groups in total. The van der Waals surface area contributed by atoms with Crippen LogP contribution in [0.15, 0.2) is 18.3 Å². The zero-order chi connectivity index (χ0) is 16.2. The van der Waals surface area contributed by atoms with Crippen LogP contribution >= 0.6 is 0 Å². The standard InChI is InChI=1S/C16H25N5O2/c1-18-8-3-2-5-14(18)13-19-9-11-20(12-10-19)16-15(21(22)23)6-4-7-17-16/h4,6-7,14H,2-3,5,8-13H2,1H3/t14-/m0/s1. The number of piperidine rings is 1. The number of likely N-dealkylation sites (N-methyl/N-ethyl adjacent to an activating group) is 1. The first-order chi connectivity index (χ1) is 11.1. The van der Waals surface area contributed by atoms with Crippen molar-refractivity contribution in [3.05, 3.63) is 28.4 Å². The molecular formula is C16H25N5O2. The van der Waals surface area contributed by atoms with Gasteiger partial charge in [0.1, 0.15) is 0 Å². The molecule has 7 heteroatoms. The Morgan fingerprint density at radius 2 is 2.04 bits per heavy atom. The highest BCUT2D eigenvalue weighted by atomic mass is 16.6. The molecule has 2 fully saturated rings. The average molecular weight is 319 g/mol. The Balaban J connectivity index is 1.57. The van der Waals surface area contributed by atoms with E-state index in [1.807, 2.05) is 4.90 Å². The van der Waals surface area contributed by atoms with Crippen LogP contribution < -0.4 is 4.90 Å². The van der Waals surface area contributed by atoms with Gasteiger partial charge in [-0.1, -0.05) is 6.42 Å². The molecule has 3 rings (SSSR count). The highest BCUT2D eigenvalue weighted by Gasteiger charge is 2.27. The zero-order valence-corrected chi connectivity index (χ0v) is 13.7. The van der Waals surface area contributed by atoms with Crippen molar-refractivity contribution in [1.29, 1.82) is 0 Å². The quantitative estimate of drug-likeness (QED) is 0.620. The van der Waals surface area contributed by atoms with Gasteiger partial charge in [-0.05, 0) is 32.5 Å². The van der Waals surface area contributed by atoms with Crippen molar-refractivity contribution in [3.8, 4) is 0 Å². The van der Waals surface area contributed by atoms with Gasteiger partial charge in [-0.15, -0.1) is 0 Å². The molecule has 2 aliphatic heterocycles. The molecule has 0 bridgehead atoms. The minimum Gasteiger partial charge on any atom is -0.348 e. The number of piperazine rings is 1. The Morgan fingerprint density at radius 3 is 2.74 bits per heavy atom. The third-order valence-electron chi connectivity index (χ3n) is 5.03. The molecule has 0 radical (unpaired) electrons. The lowest BCUT2D eigenvalue weighted by Crippen LogP contribution is -2.52. The van der Waals surface area contributed by atoms with Crippen molar-refractivity contribution in [2.24, 2.45) is 0 Å². The maximum Gasteiger partial charge on any atom is 0.311 e. The Kier molecular flexibility index (Phi) is 5.07. The molecule has 126 valence electrons. The average Bonchev–Trinajstić information content (AvgIpc) is 2.58. The van der Waals surface area contributed by atoms with Crippen LogP contribution in [0, 0.1) is 10.1 Å². The van der Waals surface area contributed by atoms with Gasteiger partial charge in [0.25, 0.3) is 0 Å². The Morgan fingerprint density at radius 1 is 1.26 bits per heavy atom. The molecule has 0 spiro atoms. The number of nitrogens with zero attached hydrogens (tertiary/aromatic N) is 5. The molecule has 0 amide bonds. The second-order valence-electron chi connectivity index (χ2n) is 6.52. The molecule has 2 saturated heterocycles. The predicted molar refractivity (Wildman–Crippen MR) is 89.8 cm³/mol. The van der Waals surface area contributed by atoms with Crippen molar-refractivity contribution in [2.75, 3.05) is 51.2 Å². The SMILES string of the molecule is CN1CCCC[C@H]1CN1CCN(c2ncccc2[N+](=O)[O-])CC1. The van der Waals surface area contributed by atoms with Crippen LogP contribution in [-0.4, -0.2) is 72.1 Å². The van der Waals surface area contributed by atoms with Gasteiger partial charge in [0, 0.05) is 51.0 Å². The fraction of sp³-hybridized carbons (Fsp3) is 0.688. The number of aromatic nitrogens is 1. The van der Waals surface area contributed by atoms with Crippen LogP contribution in [0.1, 0.15) is 19.3 Å². The number of rotatable bonds is 4. The smallest absolute Gasteiger partial charge is 0.311 e. The third-order valence-corrected chi connectivity index (χ3v) is 5.03. The first-order valence-corrected chi connectivity index (χ1v) is 8.42. The summed E-state index contributed by atoms with van der Waals surface area (Å²) in [7, 11) is 2.22. The van der Waals surface area contributed by atoms with Crippen molar-refractivity contribution in [1.82, 2.24) is 14.8 Å². The van der Waals surface area contributed by atoms with Gasteiger partial charge in [-0.3, -0.25) is 15.0 Å². The molecule has 1 aromatic rings. The van der Waals surface area contributed by atoms with E-state index in [0.29, 0.717) is 11.9 Å². The van der Waals surface area contributed by atoms with Crippen LogP contribution in [0.4, 0.5) is 11.5 Å². The Bertz CT molecular complexity index is 545. The van der Waals surface area contributed by atoms with E-state index in [1.54, 1.807) is 12.3 Å². The molecule has 3 heterocycles. The zero-order valence-electron chi connectivity index (χ0n) is 13.7. The van der Waals surface area contributed by atoms with Crippen molar-refractivity contribution < 1.29 is 4.92 Å². The minimum atomic E-state index is -0.342. The van der Waals surface area contributed by atoms with E-state index in [4.69, 9.17) is 0 Å². The summed E-state index contributed by atoms with van der Waals surface area (Å²) in [4.78, 5) is 22.0. The van der Waals surface area contributed by atoms with Gasteiger partial charge in [0.05, 0.1) is 4.92 Å². The molecule has 0 aliphatic carbocycles. The van der Waals surface area contributed by atoms with E-state index in [9.17, 15) is 10.1 Å². The highest BCUT2D eigenvalue weighted by Crippen LogP contribution is 2.26. The maximum atomic E-state index is 11.2. The molecule has 1 atom stereocenters. The lowest BCUT2D eigenvalue weighted by atomic mass is 10.0. The van der Waals surface area contributed by atoms with Gasteiger partial charge < -0.3 is 9.80 Å². The molecule has 0 saturated carbocycles. The van der Waals surface area contributed by atoms with Gasteiger partial charge in [-0.25, -0.2) is 4.98 Å². The highest BCUT2D eigenvalue weighted by molar-refractivity contribution is 5.57. The summed E-state index contributed by atoms with van der Waals surface area (Å²) >= 11 is 0. The first-order valence-electron chi connectivity index (χ1n) is 8.42. The summed E-state index contributed by atoms with van der Waals surface area (Å²) in [5.74, 6) is 0.506. The number of likely N-dealkylation sites (tertiary alicyclic amines) is 1. The van der Waals surface area contributed by atoms with Crippen LogP contribution in [0.3, 0.4) is 0 Å². The molecule has 0 unspecified atom stereocenters. The Hall–Kier alpha value is -1.73. The van der Waals surface area contributed by atoms with Gasteiger partial charge in [0.15, 0.2) is 0 Å². The molecule has 1 aromatic heterocycles. The van der Waals surface area contributed by atoms with E-state index < -0.39 is 0 Å².